The lowest BCUT2D eigenvalue weighted by Gasteiger charge is -2.13. The molecule has 3 atom stereocenters. The highest BCUT2D eigenvalue weighted by atomic mass is 35.5. The smallest absolute Gasteiger partial charge is 0.142 e. The molecule has 0 aliphatic heterocycles. The van der Waals surface area contributed by atoms with Gasteiger partial charge in [-0.3, -0.25) is 0 Å². The maximum atomic E-state index is 5.87. The van der Waals surface area contributed by atoms with Gasteiger partial charge in [0.1, 0.15) is 5.01 Å². The van der Waals surface area contributed by atoms with E-state index in [-0.39, 0.29) is 0 Å². The molecule has 0 N–H and O–H groups in total. The van der Waals surface area contributed by atoms with Crippen LogP contribution in [0.5, 0.6) is 0 Å². The predicted molar refractivity (Wildman–Crippen MR) is 68.7 cm³/mol. The Morgan fingerprint density at radius 2 is 2.06 bits per heavy atom. The van der Waals surface area contributed by atoms with E-state index in [4.69, 9.17) is 11.6 Å². The highest BCUT2D eigenvalue weighted by Crippen LogP contribution is 2.65. The summed E-state index contributed by atoms with van der Waals surface area (Å²) in [4.78, 5) is 0. The second-order valence-electron chi connectivity index (χ2n) is 4.85. The zero-order chi connectivity index (χ0) is 11.4. The Kier molecular flexibility index (Phi) is 2.08. The van der Waals surface area contributed by atoms with Crippen molar-refractivity contribution in [2.75, 3.05) is 0 Å². The molecule has 4 rings (SSSR count). The molecule has 3 unspecified atom stereocenters. The number of benzene rings is 1. The number of hydrogen-bond acceptors (Lipinski definition) is 3. The summed E-state index contributed by atoms with van der Waals surface area (Å²) >= 11 is 7.42. The van der Waals surface area contributed by atoms with Gasteiger partial charge < -0.3 is 0 Å². The molecule has 1 aromatic carbocycles. The van der Waals surface area contributed by atoms with Gasteiger partial charge in [0.25, 0.3) is 0 Å². The number of rotatable bonds is 1. The van der Waals surface area contributed by atoms with Gasteiger partial charge in [0, 0.05) is 5.92 Å². The van der Waals surface area contributed by atoms with Gasteiger partial charge >= 0.3 is 0 Å². The van der Waals surface area contributed by atoms with Crippen LogP contribution in [0.2, 0.25) is 4.47 Å². The van der Waals surface area contributed by atoms with Gasteiger partial charge in [0.05, 0.1) is 0 Å². The molecule has 0 bridgehead atoms. The molecule has 1 aromatic heterocycles. The molecular formula is C13H11ClN2S. The van der Waals surface area contributed by atoms with Crippen LogP contribution in [0.4, 0.5) is 0 Å². The number of aromatic nitrogens is 2. The molecule has 2 aliphatic rings. The van der Waals surface area contributed by atoms with Crippen LogP contribution in [0.3, 0.4) is 0 Å². The number of halogens is 1. The Morgan fingerprint density at radius 3 is 2.88 bits per heavy atom. The molecular weight excluding hydrogens is 252 g/mol. The Bertz CT molecular complexity index is 580. The van der Waals surface area contributed by atoms with Crippen molar-refractivity contribution in [1.29, 1.82) is 0 Å². The summed E-state index contributed by atoms with van der Waals surface area (Å²) in [5, 5.41) is 9.26. The van der Waals surface area contributed by atoms with Crippen molar-refractivity contribution >= 4 is 22.9 Å². The van der Waals surface area contributed by atoms with Gasteiger partial charge in [-0.05, 0) is 47.4 Å². The fourth-order valence-electron chi connectivity index (χ4n) is 3.25. The van der Waals surface area contributed by atoms with Gasteiger partial charge in [0.15, 0.2) is 0 Å². The minimum absolute atomic E-state index is 0.567. The van der Waals surface area contributed by atoms with Crippen molar-refractivity contribution in [2.45, 2.75) is 24.7 Å². The molecule has 1 heterocycles. The van der Waals surface area contributed by atoms with Gasteiger partial charge in [-0.1, -0.05) is 35.6 Å². The highest BCUT2D eigenvalue weighted by Gasteiger charge is 2.55. The first kappa shape index (κ1) is 10.0. The van der Waals surface area contributed by atoms with Crippen molar-refractivity contribution in [2.24, 2.45) is 5.92 Å². The molecule has 1 saturated carbocycles. The average molecular weight is 263 g/mol. The zero-order valence-electron chi connectivity index (χ0n) is 9.14. The molecule has 86 valence electrons. The Balaban J connectivity index is 1.73. The van der Waals surface area contributed by atoms with Crippen LogP contribution in [0, 0.1) is 5.92 Å². The first-order valence-corrected chi connectivity index (χ1v) is 7.11. The van der Waals surface area contributed by atoms with Crippen molar-refractivity contribution in [3.8, 4) is 0 Å². The molecule has 0 radical (unpaired) electrons. The predicted octanol–water partition coefficient (Wildman–Crippen LogP) is 3.63. The topological polar surface area (TPSA) is 25.8 Å². The summed E-state index contributed by atoms with van der Waals surface area (Å²) in [6.07, 6.45) is 2.49. The summed E-state index contributed by atoms with van der Waals surface area (Å²) in [5.41, 5.74) is 3.05. The van der Waals surface area contributed by atoms with Gasteiger partial charge in [-0.25, -0.2) is 0 Å². The lowest BCUT2D eigenvalue weighted by atomic mass is 9.92. The van der Waals surface area contributed by atoms with E-state index in [2.05, 4.69) is 34.5 Å². The van der Waals surface area contributed by atoms with E-state index < -0.39 is 0 Å². The van der Waals surface area contributed by atoms with E-state index in [1.165, 1.54) is 24.0 Å². The Morgan fingerprint density at radius 1 is 1.18 bits per heavy atom. The van der Waals surface area contributed by atoms with E-state index >= 15 is 0 Å². The standard InChI is InChI=1S/C13H11ClN2S/c14-13-16-15-12(17-13)11-9-6-5-7-3-1-2-4-8(7)10(9)11/h1-4,9-11H,5-6H2. The van der Waals surface area contributed by atoms with Crippen LogP contribution in [-0.4, -0.2) is 10.2 Å². The third-order valence-electron chi connectivity index (χ3n) is 4.03. The van der Waals surface area contributed by atoms with E-state index in [1.54, 1.807) is 11.3 Å². The van der Waals surface area contributed by atoms with Gasteiger partial charge in [0.2, 0.25) is 4.47 Å². The second kappa shape index (κ2) is 3.53. The van der Waals surface area contributed by atoms with Crippen molar-refractivity contribution in [1.82, 2.24) is 10.2 Å². The third-order valence-corrected chi connectivity index (χ3v) is 5.15. The fourth-order valence-corrected chi connectivity index (χ4v) is 4.32. The van der Waals surface area contributed by atoms with E-state index in [0.717, 1.165) is 10.9 Å². The van der Waals surface area contributed by atoms with E-state index in [9.17, 15) is 0 Å². The molecule has 2 nitrogen and oxygen atoms in total. The lowest BCUT2D eigenvalue weighted by molar-refractivity contribution is 0.658. The van der Waals surface area contributed by atoms with Crippen LogP contribution in [0.15, 0.2) is 24.3 Å². The molecule has 1 fully saturated rings. The Hall–Kier alpha value is -0.930. The largest absolute Gasteiger partial charge is 0.207 e. The highest BCUT2D eigenvalue weighted by molar-refractivity contribution is 7.15. The summed E-state index contributed by atoms with van der Waals surface area (Å²) in [5.74, 6) is 2.02. The second-order valence-corrected chi connectivity index (χ2v) is 6.44. The summed E-state index contributed by atoms with van der Waals surface area (Å²) in [7, 11) is 0. The van der Waals surface area contributed by atoms with Gasteiger partial charge in [-0.15, -0.1) is 10.2 Å². The maximum Gasteiger partial charge on any atom is 0.207 e. The molecule has 2 aliphatic carbocycles. The summed E-state index contributed by atoms with van der Waals surface area (Å²) < 4.78 is 0.567. The summed E-state index contributed by atoms with van der Waals surface area (Å²) in [6, 6.07) is 8.81. The molecule has 0 amide bonds. The van der Waals surface area contributed by atoms with E-state index in [0.29, 0.717) is 16.3 Å². The zero-order valence-corrected chi connectivity index (χ0v) is 10.7. The van der Waals surface area contributed by atoms with E-state index in [1.807, 2.05) is 0 Å². The van der Waals surface area contributed by atoms with Crippen molar-refractivity contribution in [3.05, 3.63) is 44.9 Å². The number of aryl methyl sites for hydroxylation is 1. The molecule has 4 heteroatoms. The first-order chi connectivity index (χ1) is 8.34. The molecule has 0 spiro atoms. The minimum Gasteiger partial charge on any atom is -0.142 e. The fraction of sp³-hybridized carbons (Fsp3) is 0.385. The maximum absolute atomic E-state index is 5.87. The number of hydrogen-bond donors (Lipinski definition) is 0. The summed E-state index contributed by atoms with van der Waals surface area (Å²) in [6.45, 7) is 0. The SMILES string of the molecule is Clc1nnc(C2C3CCc4ccccc4C32)s1. The van der Waals surface area contributed by atoms with Crippen LogP contribution in [-0.2, 0) is 6.42 Å². The average Bonchev–Trinajstić information content (AvgIpc) is 2.96. The lowest BCUT2D eigenvalue weighted by Crippen LogP contribution is -2.00. The van der Waals surface area contributed by atoms with Crippen molar-refractivity contribution in [3.63, 3.8) is 0 Å². The monoisotopic (exact) mass is 262 g/mol. The molecule has 0 saturated heterocycles. The first-order valence-electron chi connectivity index (χ1n) is 5.91. The Labute approximate surface area is 109 Å². The van der Waals surface area contributed by atoms with Gasteiger partial charge in [-0.2, -0.15) is 0 Å². The quantitative estimate of drug-likeness (QED) is 0.784. The molecule has 2 aromatic rings. The van der Waals surface area contributed by atoms with Crippen LogP contribution < -0.4 is 0 Å². The number of fused-ring (bicyclic) bond motifs is 3. The normalized spacial score (nSPS) is 29.6. The molecule has 17 heavy (non-hydrogen) atoms. The van der Waals surface area contributed by atoms with Crippen LogP contribution in [0.1, 0.15) is 34.4 Å². The van der Waals surface area contributed by atoms with Crippen LogP contribution in [0.25, 0.3) is 0 Å². The minimum atomic E-state index is 0.567. The number of nitrogens with zero attached hydrogens (tertiary/aromatic N) is 2. The van der Waals surface area contributed by atoms with Crippen LogP contribution >= 0.6 is 22.9 Å². The van der Waals surface area contributed by atoms with Crippen molar-refractivity contribution < 1.29 is 0 Å². The third kappa shape index (κ3) is 1.45.